The summed E-state index contributed by atoms with van der Waals surface area (Å²) in [6, 6.07) is 11.1. The Hall–Kier alpha value is -2.64. The molecule has 0 radical (unpaired) electrons. The number of amides is 1. The van der Waals surface area contributed by atoms with E-state index in [4.69, 9.17) is 13.9 Å². The summed E-state index contributed by atoms with van der Waals surface area (Å²) in [5, 5.41) is 0. The summed E-state index contributed by atoms with van der Waals surface area (Å²) >= 11 is 0. The van der Waals surface area contributed by atoms with Crippen molar-refractivity contribution in [1.29, 1.82) is 0 Å². The molecule has 27 heavy (non-hydrogen) atoms. The lowest BCUT2D eigenvalue weighted by molar-refractivity contribution is -0.132. The second kappa shape index (κ2) is 9.34. The number of ether oxygens (including phenoxy) is 2. The van der Waals surface area contributed by atoms with Gasteiger partial charge in [-0.25, -0.2) is 0 Å². The zero-order valence-electron chi connectivity index (χ0n) is 15.4. The molecule has 144 valence electrons. The van der Waals surface area contributed by atoms with Gasteiger partial charge in [-0.3, -0.25) is 14.5 Å². The van der Waals surface area contributed by atoms with Crippen molar-refractivity contribution < 1.29 is 18.7 Å². The molecule has 0 atom stereocenters. The third-order valence-corrected chi connectivity index (χ3v) is 4.37. The first-order valence-electron chi connectivity index (χ1n) is 8.94. The number of likely N-dealkylation sites (N-methyl/N-ethyl adjacent to an activating group) is 1. The van der Waals surface area contributed by atoms with Gasteiger partial charge in [-0.2, -0.15) is 0 Å². The average Bonchev–Trinajstić information content (AvgIpc) is 2.68. The zero-order valence-corrected chi connectivity index (χ0v) is 15.4. The van der Waals surface area contributed by atoms with E-state index in [1.54, 1.807) is 11.9 Å². The van der Waals surface area contributed by atoms with E-state index in [1.165, 1.54) is 12.3 Å². The van der Waals surface area contributed by atoms with Crippen molar-refractivity contribution in [3.05, 3.63) is 64.2 Å². The number of hydrogen-bond donors (Lipinski definition) is 0. The average molecular weight is 372 g/mol. The van der Waals surface area contributed by atoms with E-state index in [9.17, 15) is 9.59 Å². The SMILES string of the molecule is CN(Cc1ccccc1)C(=O)COc1coc(CN2CCOCC2)cc1=O. The number of carbonyl (C=O) groups is 1. The molecule has 1 aliphatic rings. The van der Waals surface area contributed by atoms with Crippen molar-refractivity contribution >= 4 is 5.91 Å². The van der Waals surface area contributed by atoms with Gasteiger partial charge in [-0.05, 0) is 5.56 Å². The van der Waals surface area contributed by atoms with Crippen LogP contribution >= 0.6 is 0 Å². The van der Waals surface area contributed by atoms with Gasteiger partial charge in [-0.15, -0.1) is 0 Å². The summed E-state index contributed by atoms with van der Waals surface area (Å²) in [5.74, 6) is 0.402. The third kappa shape index (κ3) is 5.67. The van der Waals surface area contributed by atoms with Crippen molar-refractivity contribution in [1.82, 2.24) is 9.80 Å². The molecule has 0 saturated carbocycles. The molecule has 0 spiro atoms. The molecular weight excluding hydrogens is 348 g/mol. The van der Waals surface area contributed by atoms with Crippen LogP contribution in [0.3, 0.4) is 0 Å². The van der Waals surface area contributed by atoms with Crippen LogP contribution in [-0.4, -0.2) is 55.7 Å². The van der Waals surface area contributed by atoms with Crippen LogP contribution in [-0.2, 0) is 22.6 Å². The van der Waals surface area contributed by atoms with Crippen molar-refractivity contribution in [2.24, 2.45) is 0 Å². The second-order valence-electron chi connectivity index (χ2n) is 6.49. The van der Waals surface area contributed by atoms with E-state index < -0.39 is 0 Å². The highest BCUT2D eigenvalue weighted by Gasteiger charge is 2.15. The minimum absolute atomic E-state index is 0.0437. The summed E-state index contributed by atoms with van der Waals surface area (Å²) in [5.41, 5.74) is 0.739. The Morgan fingerprint density at radius 2 is 1.96 bits per heavy atom. The van der Waals surface area contributed by atoms with E-state index >= 15 is 0 Å². The smallest absolute Gasteiger partial charge is 0.260 e. The normalized spacial score (nSPS) is 14.7. The number of nitrogens with zero attached hydrogens (tertiary/aromatic N) is 2. The molecule has 1 fully saturated rings. The minimum Gasteiger partial charge on any atom is -0.477 e. The Kier molecular flexibility index (Phi) is 6.62. The van der Waals surface area contributed by atoms with Gasteiger partial charge in [-0.1, -0.05) is 30.3 Å². The predicted molar refractivity (Wildman–Crippen MR) is 99.5 cm³/mol. The summed E-state index contributed by atoms with van der Waals surface area (Å²) in [6.07, 6.45) is 1.28. The van der Waals surface area contributed by atoms with Crippen LogP contribution < -0.4 is 10.2 Å². The molecular formula is C20H24N2O5. The first-order valence-corrected chi connectivity index (χ1v) is 8.94. The Morgan fingerprint density at radius 3 is 2.67 bits per heavy atom. The van der Waals surface area contributed by atoms with E-state index in [-0.39, 0.29) is 23.7 Å². The molecule has 2 heterocycles. The van der Waals surface area contributed by atoms with Crippen LogP contribution in [0.2, 0.25) is 0 Å². The fourth-order valence-electron chi connectivity index (χ4n) is 2.80. The van der Waals surface area contributed by atoms with Crippen molar-refractivity contribution in [3.63, 3.8) is 0 Å². The van der Waals surface area contributed by atoms with Gasteiger partial charge < -0.3 is 18.8 Å². The fraction of sp³-hybridized carbons (Fsp3) is 0.400. The topological polar surface area (TPSA) is 72.2 Å². The van der Waals surface area contributed by atoms with Crippen molar-refractivity contribution in [3.8, 4) is 5.75 Å². The van der Waals surface area contributed by atoms with Crippen molar-refractivity contribution in [2.45, 2.75) is 13.1 Å². The number of rotatable bonds is 7. The molecule has 7 heteroatoms. The number of carbonyl (C=O) groups excluding carboxylic acids is 1. The van der Waals surface area contributed by atoms with Crippen molar-refractivity contribution in [2.75, 3.05) is 40.0 Å². The lowest BCUT2D eigenvalue weighted by Gasteiger charge is -2.25. The molecule has 2 aromatic rings. The van der Waals surface area contributed by atoms with Gasteiger partial charge in [0.2, 0.25) is 11.2 Å². The largest absolute Gasteiger partial charge is 0.477 e. The van der Waals surface area contributed by atoms with Crippen LogP contribution in [0.5, 0.6) is 5.75 Å². The molecule has 1 aromatic carbocycles. The highest BCUT2D eigenvalue weighted by atomic mass is 16.5. The van der Waals surface area contributed by atoms with Crippen LogP contribution in [0.4, 0.5) is 0 Å². The van der Waals surface area contributed by atoms with E-state index in [1.807, 2.05) is 30.3 Å². The van der Waals surface area contributed by atoms with Gasteiger partial charge in [0, 0.05) is 32.7 Å². The Labute approximate surface area is 158 Å². The van der Waals surface area contributed by atoms with Crippen LogP contribution in [0.15, 0.2) is 51.9 Å². The molecule has 1 aromatic heterocycles. The Morgan fingerprint density at radius 1 is 1.22 bits per heavy atom. The standard InChI is InChI=1S/C20H24N2O5/c1-21(12-16-5-3-2-4-6-16)20(24)15-27-19-14-26-17(11-18(19)23)13-22-7-9-25-10-8-22/h2-6,11,14H,7-10,12-13,15H2,1H3. The highest BCUT2D eigenvalue weighted by Crippen LogP contribution is 2.10. The van der Waals surface area contributed by atoms with Gasteiger partial charge in [0.15, 0.2) is 6.61 Å². The van der Waals surface area contributed by atoms with Gasteiger partial charge in [0.05, 0.1) is 19.8 Å². The maximum absolute atomic E-state index is 12.2. The van der Waals surface area contributed by atoms with Crippen LogP contribution in [0, 0.1) is 0 Å². The molecule has 3 rings (SSSR count). The summed E-state index contributed by atoms with van der Waals surface area (Å²) in [6.45, 7) is 3.81. The second-order valence-corrected chi connectivity index (χ2v) is 6.49. The highest BCUT2D eigenvalue weighted by molar-refractivity contribution is 5.77. The molecule has 1 saturated heterocycles. The predicted octanol–water partition coefficient (Wildman–Crippen LogP) is 1.51. The van der Waals surface area contributed by atoms with Crippen LogP contribution in [0.25, 0.3) is 0 Å². The Balaban J connectivity index is 1.51. The van der Waals surface area contributed by atoms with Gasteiger partial charge in [0.25, 0.3) is 5.91 Å². The zero-order chi connectivity index (χ0) is 19.1. The lowest BCUT2D eigenvalue weighted by atomic mass is 10.2. The van der Waals surface area contributed by atoms with E-state index in [0.29, 0.717) is 32.1 Å². The van der Waals surface area contributed by atoms with E-state index in [0.717, 1.165) is 18.7 Å². The molecule has 0 N–H and O–H groups in total. The molecule has 1 aliphatic heterocycles. The number of morpholine rings is 1. The maximum Gasteiger partial charge on any atom is 0.260 e. The quantitative estimate of drug-likeness (QED) is 0.734. The number of hydrogen-bond acceptors (Lipinski definition) is 6. The summed E-state index contributed by atoms with van der Waals surface area (Å²) in [7, 11) is 1.70. The fourth-order valence-corrected chi connectivity index (χ4v) is 2.80. The monoisotopic (exact) mass is 372 g/mol. The molecule has 0 bridgehead atoms. The first kappa shape index (κ1) is 19.1. The van der Waals surface area contributed by atoms with Crippen LogP contribution in [0.1, 0.15) is 11.3 Å². The number of benzene rings is 1. The summed E-state index contributed by atoms with van der Waals surface area (Å²) in [4.78, 5) is 28.1. The van der Waals surface area contributed by atoms with Gasteiger partial charge >= 0.3 is 0 Å². The minimum atomic E-state index is -0.289. The molecule has 0 unspecified atom stereocenters. The Bertz CT molecular complexity index is 800. The maximum atomic E-state index is 12.2. The third-order valence-electron chi connectivity index (χ3n) is 4.37. The van der Waals surface area contributed by atoms with E-state index in [2.05, 4.69) is 4.90 Å². The molecule has 7 nitrogen and oxygen atoms in total. The molecule has 0 aliphatic carbocycles. The van der Waals surface area contributed by atoms with Gasteiger partial charge in [0.1, 0.15) is 12.0 Å². The first-order chi connectivity index (χ1) is 13.1. The molecule has 1 amide bonds. The lowest BCUT2D eigenvalue weighted by Crippen LogP contribution is -2.35. The summed E-state index contributed by atoms with van der Waals surface area (Å²) < 4.78 is 16.2.